The number of ether oxygens (including phenoxy) is 2. The first-order chi connectivity index (χ1) is 8.74. The van der Waals surface area contributed by atoms with Crippen LogP contribution in [0.4, 0.5) is 0 Å². The maximum absolute atomic E-state index is 11.4. The molecule has 20 heavy (non-hydrogen) atoms. The molecule has 0 atom stereocenters. The van der Waals surface area contributed by atoms with Crippen LogP contribution in [-0.4, -0.2) is 11.9 Å². The molecule has 6 nitrogen and oxygen atoms in total. The number of rotatable bonds is 0. The number of carbonyl (C=O) groups is 2. The monoisotopic (exact) mass is 282 g/mol. The maximum Gasteiger partial charge on any atom is 0.306 e. The van der Waals surface area contributed by atoms with Crippen molar-refractivity contribution in [2.24, 2.45) is 0 Å². The van der Waals surface area contributed by atoms with Crippen LogP contribution < -0.4 is 12.3 Å². The fourth-order valence-corrected chi connectivity index (χ4v) is 1.82. The Morgan fingerprint density at radius 1 is 0.800 bits per heavy atom. The largest absolute Gasteiger partial charge is 0.461 e. The Hall–Kier alpha value is -1.92. The van der Waals surface area contributed by atoms with Crippen molar-refractivity contribution in [2.45, 2.75) is 38.9 Å². The van der Waals surface area contributed by atoms with E-state index in [4.69, 9.17) is 9.47 Å². The number of carbonyl (C=O) groups excluding carboxylic acids is 2. The molecule has 112 valence electrons. The van der Waals surface area contributed by atoms with Gasteiger partial charge in [-0.05, 0) is 30.0 Å². The highest BCUT2D eigenvalue weighted by Crippen LogP contribution is 2.11. The van der Waals surface area contributed by atoms with Crippen LogP contribution in [0, 0.1) is 0 Å². The lowest BCUT2D eigenvalue weighted by Crippen LogP contribution is -2.05. The average molecular weight is 282 g/mol. The fourth-order valence-electron chi connectivity index (χ4n) is 1.82. The molecule has 1 heterocycles. The molecule has 2 rings (SSSR count). The molecule has 1 aliphatic heterocycles. The first kappa shape index (κ1) is 18.1. The van der Waals surface area contributed by atoms with Gasteiger partial charge >= 0.3 is 11.9 Å². The van der Waals surface area contributed by atoms with E-state index in [1.165, 1.54) is 0 Å². The second-order valence-corrected chi connectivity index (χ2v) is 4.35. The van der Waals surface area contributed by atoms with Crippen molar-refractivity contribution in [3.05, 3.63) is 35.4 Å². The summed E-state index contributed by atoms with van der Waals surface area (Å²) in [5, 5.41) is 0. The minimum absolute atomic E-state index is 0. The molecule has 6 heteroatoms. The third kappa shape index (κ3) is 5.81. The lowest BCUT2D eigenvalue weighted by molar-refractivity contribution is -0.147. The number of fused-ring (bicyclic) bond motifs is 2. The van der Waals surface area contributed by atoms with Gasteiger partial charge in [-0.3, -0.25) is 9.59 Å². The molecule has 1 aromatic rings. The molecule has 0 radical (unpaired) electrons. The van der Waals surface area contributed by atoms with E-state index in [0.717, 1.165) is 11.1 Å². The first-order valence-corrected chi connectivity index (χ1v) is 6.13. The lowest BCUT2D eigenvalue weighted by Gasteiger charge is -2.06. The molecule has 0 spiro atoms. The molecule has 0 aliphatic carbocycles. The zero-order valence-corrected chi connectivity index (χ0v) is 11.6. The predicted octanol–water partition coefficient (Wildman–Crippen LogP) is 2.67. The van der Waals surface area contributed by atoms with Gasteiger partial charge in [-0.1, -0.05) is 18.2 Å². The van der Waals surface area contributed by atoms with Crippen LogP contribution in [0.15, 0.2) is 24.3 Å². The van der Waals surface area contributed by atoms with Gasteiger partial charge < -0.3 is 21.8 Å². The molecule has 0 saturated carbocycles. The second-order valence-electron chi connectivity index (χ2n) is 4.35. The molecule has 6 N–H and O–H groups in total. The molecular weight excluding hydrogens is 260 g/mol. The van der Waals surface area contributed by atoms with Gasteiger partial charge in [0.15, 0.2) is 0 Å². The number of hydrogen-bond acceptors (Lipinski definition) is 6. The highest BCUT2D eigenvalue weighted by Gasteiger charge is 2.09. The van der Waals surface area contributed by atoms with Gasteiger partial charge in [-0.2, -0.15) is 0 Å². The summed E-state index contributed by atoms with van der Waals surface area (Å²) in [5.74, 6) is -0.430. The fraction of sp³-hybridized carbons (Fsp3) is 0.429. The minimum atomic E-state index is -0.215. The van der Waals surface area contributed by atoms with Gasteiger partial charge in [0.05, 0.1) is 0 Å². The minimum Gasteiger partial charge on any atom is -0.461 e. The lowest BCUT2D eigenvalue weighted by atomic mass is 10.1. The standard InChI is InChI=1S/C14H16O4.2H3N/c15-13-6-1-2-7-14(16)18-10-12-5-3-4-11(8-12)9-17-13;;/h3-5,8H,1-2,6-7,9-10H2;2*1H3. The summed E-state index contributed by atoms with van der Waals surface area (Å²) in [5.41, 5.74) is 1.83. The molecule has 1 aliphatic rings. The van der Waals surface area contributed by atoms with Crippen LogP contribution in [0.5, 0.6) is 0 Å². The summed E-state index contributed by atoms with van der Waals surface area (Å²) in [6, 6.07) is 7.53. The van der Waals surface area contributed by atoms with Crippen molar-refractivity contribution >= 4 is 11.9 Å². The van der Waals surface area contributed by atoms with E-state index in [1.807, 2.05) is 24.3 Å². The van der Waals surface area contributed by atoms with E-state index in [-0.39, 0.29) is 37.5 Å². The highest BCUT2D eigenvalue weighted by molar-refractivity contribution is 5.70. The van der Waals surface area contributed by atoms with Gasteiger partial charge in [-0.15, -0.1) is 0 Å². The van der Waals surface area contributed by atoms with Crippen LogP contribution in [0.3, 0.4) is 0 Å². The molecule has 2 bridgehead atoms. The molecule has 0 fully saturated rings. The summed E-state index contributed by atoms with van der Waals surface area (Å²) in [4.78, 5) is 22.8. The van der Waals surface area contributed by atoms with Gasteiger partial charge in [0, 0.05) is 12.8 Å². The van der Waals surface area contributed by atoms with Gasteiger partial charge in [0.2, 0.25) is 0 Å². The van der Waals surface area contributed by atoms with E-state index in [2.05, 4.69) is 0 Å². The molecular formula is C14H22N2O4. The van der Waals surface area contributed by atoms with Gasteiger partial charge in [-0.25, -0.2) is 0 Å². The smallest absolute Gasteiger partial charge is 0.306 e. The summed E-state index contributed by atoms with van der Waals surface area (Å²) >= 11 is 0. The molecule has 0 aromatic heterocycles. The maximum atomic E-state index is 11.4. The van der Waals surface area contributed by atoms with Crippen molar-refractivity contribution in [3.63, 3.8) is 0 Å². The summed E-state index contributed by atoms with van der Waals surface area (Å²) < 4.78 is 10.3. The third-order valence-corrected chi connectivity index (χ3v) is 2.80. The number of benzene rings is 1. The number of cyclic esters (lactones) is 2. The van der Waals surface area contributed by atoms with E-state index < -0.39 is 0 Å². The highest BCUT2D eigenvalue weighted by atomic mass is 16.5. The Morgan fingerprint density at radius 3 is 1.70 bits per heavy atom. The average Bonchev–Trinajstić information content (AvgIpc) is 2.39. The van der Waals surface area contributed by atoms with Crippen LogP contribution in [-0.2, 0) is 32.3 Å². The Labute approximate surface area is 118 Å². The first-order valence-electron chi connectivity index (χ1n) is 6.13. The van der Waals surface area contributed by atoms with E-state index in [0.29, 0.717) is 25.7 Å². The van der Waals surface area contributed by atoms with Crippen LogP contribution in [0.25, 0.3) is 0 Å². The second kappa shape index (κ2) is 9.06. The normalized spacial score (nSPS) is 16.0. The Bertz CT molecular complexity index is 411. The van der Waals surface area contributed by atoms with Crippen molar-refractivity contribution < 1.29 is 19.1 Å². The van der Waals surface area contributed by atoms with Crippen molar-refractivity contribution in [1.82, 2.24) is 12.3 Å². The third-order valence-electron chi connectivity index (χ3n) is 2.80. The molecule has 0 amide bonds. The predicted molar refractivity (Wildman–Crippen MR) is 74.5 cm³/mol. The van der Waals surface area contributed by atoms with Gasteiger partial charge in [0.25, 0.3) is 0 Å². The number of hydrogen-bond donors (Lipinski definition) is 2. The van der Waals surface area contributed by atoms with Gasteiger partial charge in [0.1, 0.15) is 13.2 Å². The van der Waals surface area contributed by atoms with Crippen LogP contribution in [0.1, 0.15) is 36.8 Å². The zero-order chi connectivity index (χ0) is 12.8. The van der Waals surface area contributed by atoms with E-state index >= 15 is 0 Å². The van der Waals surface area contributed by atoms with E-state index in [1.54, 1.807) is 0 Å². The van der Waals surface area contributed by atoms with E-state index in [9.17, 15) is 9.59 Å². The van der Waals surface area contributed by atoms with Crippen LogP contribution >= 0.6 is 0 Å². The Morgan fingerprint density at radius 2 is 1.25 bits per heavy atom. The quantitative estimate of drug-likeness (QED) is 0.705. The topological polar surface area (TPSA) is 123 Å². The molecule has 0 saturated heterocycles. The summed E-state index contributed by atoms with van der Waals surface area (Å²) in [6.45, 7) is 0.557. The van der Waals surface area contributed by atoms with Crippen molar-refractivity contribution in [1.29, 1.82) is 0 Å². The SMILES string of the molecule is N.N.O=C1CCCCC(=O)OCc2cccc(c2)CO1. The molecule has 1 aromatic carbocycles. The summed E-state index contributed by atoms with van der Waals surface area (Å²) in [7, 11) is 0. The van der Waals surface area contributed by atoms with Crippen LogP contribution in [0.2, 0.25) is 0 Å². The zero-order valence-electron chi connectivity index (χ0n) is 11.6. The van der Waals surface area contributed by atoms with Crippen molar-refractivity contribution in [3.8, 4) is 0 Å². The Kier molecular flexibility index (Phi) is 8.19. The molecule has 0 unspecified atom stereocenters. The summed E-state index contributed by atoms with van der Waals surface area (Å²) in [6.07, 6.45) is 2.02. The Balaban J connectivity index is 0.00000180. The number of esters is 2. The van der Waals surface area contributed by atoms with Crippen molar-refractivity contribution in [2.75, 3.05) is 0 Å².